The van der Waals surface area contributed by atoms with Crippen LogP contribution in [-0.2, 0) is 11.2 Å². The first-order valence-corrected chi connectivity index (χ1v) is 10.6. The molecular formula is C21H28N6O3. The molecule has 1 atom stereocenters. The zero-order chi connectivity index (χ0) is 20.9. The maximum absolute atomic E-state index is 11.6. The number of aromatic nitrogens is 2. The van der Waals surface area contributed by atoms with Gasteiger partial charge < -0.3 is 20.7 Å². The number of nitrogens with zero attached hydrogens (tertiary/aromatic N) is 4. The minimum atomic E-state index is -0.482. The highest BCUT2D eigenvalue weighted by Crippen LogP contribution is 2.35. The summed E-state index contributed by atoms with van der Waals surface area (Å²) in [5.41, 5.74) is 7.07. The van der Waals surface area contributed by atoms with Gasteiger partial charge in [0.1, 0.15) is 0 Å². The number of anilines is 3. The van der Waals surface area contributed by atoms with Crippen LogP contribution in [0.15, 0.2) is 30.3 Å². The lowest BCUT2D eigenvalue weighted by Crippen LogP contribution is -2.35. The van der Waals surface area contributed by atoms with Gasteiger partial charge in [0.25, 0.3) is 0 Å². The average Bonchev–Trinajstić information content (AvgIpc) is 3.26. The number of rotatable bonds is 7. The normalized spacial score (nSPS) is 19.7. The first kappa shape index (κ1) is 20.3. The van der Waals surface area contributed by atoms with Crippen molar-refractivity contribution < 1.29 is 9.66 Å². The van der Waals surface area contributed by atoms with Crippen LogP contribution in [-0.4, -0.2) is 47.2 Å². The molecule has 2 aliphatic rings. The van der Waals surface area contributed by atoms with E-state index < -0.39 is 4.92 Å². The number of nitro groups is 1. The Hall–Kier alpha value is -2.94. The summed E-state index contributed by atoms with van der Waals surface area (Å²) in [4.78, 5) is 21.7. The van der Waals surface area contributed by atoms with Crippen LogP contribution in [0.1, 0.15) is 31.2 Å². The summed E-state index contributed by atoms with van der Waals surface area (Å²) in [5, 5.41) is 14.8. The zero-order valence-corrected chi connectivity index (χ0v) is 17.0. The first-order chi connectivity index (χ1) is 14.6. The molecule has 0 unspecified atom stereocenters. The van der Waals surface area contributed by atoms with Crippen molar-refractivity contribution in [3.63, 3.8) is 0 Å². The summed E-state index contributed by atoms with van der Waals surface area (Å²) in [6.45, 7) is 2.74. The topological polar surface area (TPSA) is 119 Å². The van der Waals surface area contributed by atoms with Crippen LogP contribution < -0.4 is 16.0 Å². The number of benzene rings is 1. The van der Waals surface area contributed by atoms with Gasteiger partial charge in [-0.1, -0.05) is 30.3 Å². The quantitative estimate of drug-likeness (QED) is 0.526. The predicted octanol–water partition coefficient (Wildman–Crippen LogP) is 3.02. The molecule has 2 aliphatic heterocycles. The number of piperidine rings is 1. The van der Waals surface area contributed by atoms with Crippen LogP contribution in [0.4, 0.5) is 23.3 Å². The van der Waals surface area contributed by atoms with E-state index in [0.29, 0.717) is 37.3 Å². The van der Waals surface area contributed by atoms with E-state index in [1.54, 1.807) is 0 Å². The minimum absolute atomic E-state index is 0.105. The van der Waals surface area contributed by atoms with Crippen molar-refractivity contribution in [2.24, 2.45) is 5.92 Å². The molecule has 0 saturated carbocycles. The molecule has 160 valence electrons. The van der Waals surface area contributed by atoms with Crippen LogP contribution in [0.25, 0.3) is 0 Å². The Bertz CT molecular complexity index is 865. The van der Waals surface area contributed by atoms with Crippen LogP contribution in [0.3, 0.4) is 0 Å². The van der Waals surface area contributed by atoms with Gasteiger partial charge >= 0.3 is 5.69 Å². The second-order valence-electron chi connectivity index (χ2n) is 8.00. The van der Waals surface area contributed by atoms with Gasteiger partial charge in [-0.15, -0.1) is 0 Å². The Labute approximate surface area is 175 Å². The minimum Gasteiger partial charge on any atom is -0.378 e. The third-order valence-electron chi connectivity index (χ3n) is 5.87. The fraction of sp³-hybridized carbons (Fsp3) is 0.524. The second-order valence-corrected chi connectivity index (χ2v) is 8.00. The van der Waals surface area contributed by atoms with Crippen molar-refractivity contribution in [3.8, 4) is 0 Å². The summed E-state index contributed by atoms with van der Waals surface area (Å²) in [5.74, 6) is 1.07. The zero-order valence-electron chi connectivity index (χ0n) is 17.0. The summed E-state index contributed by atoms with van der Waals surface area (Å²) >= 11 is 0. The molecule has 1 aromatic heterocycles. The highest BCUT2D eigenvalue weighted by Gasteiger charge is 2.30. The molecule has 30 heavy (non-hydrogen) atoms. The summed E-state index contributed by atoms with van der Waals surface area (Å²) < 4.78 is 5.61. The summed E-state index contributed by atoms with van der Waals surface area (Å²) in [6.07, 6.45) is 5.07. The van der Waals surface area contributed by atoms with E-state index in [2.05, 4.69) is 39.6 Å². The van der Waals surface area contributed by atoms with E-state index in [1.165, 1.54) is 5.56 Å². The Balaban J connectivity index is 1.45. The maximum Gasteiger partial charge on any atom is 0.353 e. The molecule has 9 nitrogen and oxygen atoms in total. The Morgan fingerprint density at radius 1 is 1.20 bits per heavy atom. The van der Waals surface area contributed by atoms with E-state index in [4.69, 9.17) is 10.5 Å². The predicted molar refractivity (Wildman–Crippen MR) is 116 cm³/mol. The van der Waals surface area contributed by atoms with E-state index in [9.17, 15) is 10.1 Å². The summed E-state index contributed by atoms with van der Waals surface area (Å²) in [6, 6.07) is 10.4. The molecule has 0 aliphatic carbocycles. The maximum atomic E-state index is 11.6. The van der Waals surface area contributed by atoms with Crippen LogP contribution in [0.5, 0.6) is 0 Å². The van der Waals surface area contributed by atoms with E-state index in [-0.39, 0.29) is 17.6 Å². The fourth-order valence-electron chi connectivity index (χ4n) is 4.24. The highest BCUT2D eigenvalue weighted by molar-refractivity contribution is 5.71. The van der Waals surface area contributed by atoms with Gasteiger partial charge in [0.2, 0.25) is 17.6 Å². The van der Waals surface area contributed by atoms with Gasteiger partial charge in [0, 0.05) is 26.2 Å². The van der Waals surface area contributed by atoms with Gasteiger partial charge in [0.05, 0.1) is 11.0 Å². The van der Waals surface area contributed by atoms with Gasteiger partial charge in [-0.25, -0.2) is 0 Å². The van der Waals surface area contributed by atoms with Crippen molar-refractivity contribution >= 4 is 23.3 Å². The van der Waals surface area contributed by atoms with Gasteiger partial charge in [0.15, 0.2) is 0 Å². The second kappa shape index (κ2) is 9.25. The molecule has 9 heteroatoms. The molecule has 2 fully saturated rings. The molecule has 0 spiro atoms. The van der Waals surface area contributed by atoms with Crippen molar-refractivity contribution in [1.29, 1.82) is 0 Å². The lowest BCUT2D eigenvalue weighted by Gasteiger charge is -2.32. The monoisotopic (exact) mass is 412 g/mol. The molecule has 0 bridgehead atoms. The average molecular weight is 412 g/mol. The fourth-order valence-corrected chi connectivity index (χ4v) is 4.24. The number of ether oxygens (including phenoxy) is 1. The van der Waals surface area contributed by atoms with Crippen molar-refractivity contribution in [2.75, 3.05) is 42.2 Å². The van der Waals surface area contributed by atoms with Crippen molar-refractivity contribution in [3.05, 3.63) is 46.0 Å². The Morgan fingerprint density at radius 3 is 2.63 bits per heavy atom. The summed E-state index contributed by atoms with van der Waals surface area (Å²) in [7, 11) is 0. The Kier molecular flexibility index (Phi) is 6.27. The van der Waals surface area contributed by atoms with Gasteiger partial charge in [-0.05, 0) is 43.6 Å². The molecule has 2 saturated heterocycles. The van der Waals surface area contributed by atoms with Gasteiger partial charge in [-0.3, -0.25) is 10.1 Å². The van der Waals surface area contributed by atoms with E-state index in [1.807, 2.05) is 11.0 Å². The van der Waals surface area contributed by atoms with Gasteiger partial charge in [-0.2, -0.15) is 9.97 Å². The smallest absolute Gasteiger partial charge is 0.353 e. The third-order valence-corrected chi connectivity index (χ3v) is 5.87. The number of nitrogens with one attached hydrogen (secondary N) is 1. The number of nitrogens with two attached hydrogens (primary N) is 1. The number of nitrogen functional groups attached to an aromatic ring is 1. The molecule has 3 N–H and O–H groups in total. The molecule has 0 amide bonds. The largest absolute Gasteiger partial charge is 0.378 e. The van der Waals surface area contributed by atoms with Crippen LogP contribution in [0, 0.1) is 16.0 Å². The SMILES string of the molecule is Nc1nc(NC[C@H]2CCCO2)nc(N2CCC(Cc3ccccc3)CC2)c1[N+](=O)[O-]. The molecule has 4 rings (SSSR count). The van der Waals surface area contributed by atoms with Crippen LogP contribution in [0.2, 0.25) is 0 Å². The lowest BCUT2D eigenvalue weighted by atomic mass is 9.90. The number of hydrogen-bond donors (Lipinski definition) is 2. The first-order valence-electron chi connectivity index (χ1n) is 10.6. The third kappa shape index (κ3) is 4.79. The van der Waals surface area contributed by atoms with Crippen LogP contribution >= 0.6 is 0 Å². The lowest BCUT2D eigenvalue weighted by molar-refractivity contribution is -0.383. The Morgan fingerprint density at radius 2 is 1.97 bits per heavy atom. The highest BCUT2D eigenvalue weighted by atomic mass is 16.6. The molecular weight excluding hydrogens is 384 g/mol. The molecule has 0 radical (unpaired) electrons. The number of hydrogen-bond acceptors (Lipinski definition) is 8. The van der Waals surface area contributed by atoms with Crippen molar-refractivity contribution in [1.82, 2.24) is 9.97 Å². The molecule has 1 aromatic carbocycles. The molecule has 3 heterocycles. The van der Waals surface area contributed by atoms with Crippen molar-refractivity contribution in [2.45, 2.75) is 38.2 Å². The standard InChI is InChI=1S/C21H28N6O3/c22-19-18(27(28)29)20(25-21(24-19)23-14-17-7-4-12-30-17)26-10-8-16(9-11-26)13-15-5-2-1-3-6-15/h1-3,5-6,16-17H,4,7-14H2,(H3,22,23,24,25)/t17-/m1/s1. The van der Waals surface area contributed by atoms with E-state index in [0.717, 1.165) is 38.7 Å². The molecule has 2 aromatic rings. The van der Waals surface area contributed by atoms with E-state index >= 15 is 0 Å².